The molecule has 1 aromatic heterocycles. The summed E-state index contributed by atoms with van der Waals surface area (Å²) in [5.41, 5.74) is 0.781. The Hall–Kier alpha value is -1.67. The van der Waals surface area contributed by atoms with E-state index in [4.69, 9.17) is 23.2 Å². The Kier molecular flexibility index (Phi) is 6.17. The lowest BCUT2D eigenvalue weighted by Crippen LogP contribution is -2.37. The molecule has 0 atom stereocenters. The number of sulfonamides is 1. The van der Waals surface area contributed by atoms with Crippen LogP contribution in [0.2, 0.25) is 10.0 Å². The smallest absolute Gasteiger partial charge is 0.239 e. The van der Waals surface area contributed by atoms with Crippen molar-refractivity contribution < 1.29 is 13.2 Å². The monoisotopic (exact) mass is 387 g/mol. The molecule has 24 heavy (non-hydrogen) atoms. The lowest BCUT2D eigenvalue weighted by molar-refractivity contribution is -0.116. The fraction of sp³-hybridized carbons (Fsp3) is 0.200. The van der Waals surface area contributed by atoms with E-state index in [-0.39, 0.29) is 28.8 Å². The molecule has 128 valence electrons. The molecule has 0 saturated heterocycles. The number of nitrogens with zero attached hydrogens (tertiary/aromatic N) is 2. The van der Waals surface area contributed by atoms with Gasteiger partial charge in [0.05, 0.1) is 40.8 Å². The van der Waals surface area contributed by atoms with Gasteiger partial charge < -0.3 is 5.32 Å². The van der Waals surface area contributed by atoms with Crippen molar-refractivity contribution in [3.05, 3.63) is 58.3 Å². The molecular weight excluding hydrogens is 373 g/mol. The summed E-state index contributed by atoms with van der Waals surface area (Å²) in [7, 11) is -3.60. The Morgan fingerprint density at radius 2 is 1.83 bits per heavy atom. The third kappa shape index (κ3) is 5.17. The first-order valence-corrected chi connectivity index (χ1v) is 9.46. The largest absolute Gasteiger partial charge is 0.322 e. The fourth-order valence-electron chi connectivity index (χ4n) is 1.92. The van der Waals surface area contributed by atoms with E-state index < -0.39 is 15.9 Å². The van der Waals surface area contributed by atoms with Crippen LogP contribution in [0.3, 0.4) is 0 Å². The van der Waals surface area contributed by atoms with E-state index in [2.05, 4.69) is 10.3 Å². The summed E-state index contributed by atoms with van der Waals surface area (Å²) in [4.78, 5) is 16.3. The van der Waals surface area contributed by atoms with Crippen LogP contribution in [0.5, 0.6) is 0 Å². The van der Waals surface area contributed by atoms with Crippen molar-refractivity contribution in [2.45, 2.75) is 6.54 Å². The zero-order chi connectivity index (χ0) is 17.7. The number of carbonyl (C=O) groups excluding carboxylic acids is 1. The van der Waals surface area contributed by atoms with E-state index in [9.17, 15) is 13.2 Å². The molecule has 0 bridgehead atoms. The van der Waals surface area contributed by atoms with Gasteiger partial charge in [-0.2, -0.15) is 4.31 Å². The van der Waals surface area contributed by atoms with Gasteiger partial charge in [0.2, 0.25) is 15.9 Å². The molecule has 1 heterocycles. The van der Waals surface area contributed by atoms with Crippen molar-refractivity contribution in [1.82, 2.24) is 9.29 Å². The number of aromatic nitrogens is 1. The van der Waals surface area contributed by atoms with Gasteiger partial charge in [-0.3, -0.25) is 9.78 Å². The molecule has 0 radical (unpaired) electrons. The number of benzene rings is 1. The predicted molar refractivity (Wildman–Crippen MR) is 94.6 cm³/mol. The summed E-state index contributed by atoms with van der Waals surface area (Å²) in [5.74, 6) is -0.550. The number of rotatable bonds is 6. The van der Waals surface area contributed by atoms with E-state index >= 15 is 0 Å². The van der Waals surface area contributed by atoms with Crippen molar-refractivity contribution in [3.63, 3.8) is 0 Å². The number of nitrogens with one attached hydrogen (secondary N) is 1. The van der Waals surface area contributed by atoms with Crippen molar-refractivity contribution in [2.24, 2.45) is 0 Å². The molecule has 1 aromatic carbocycles. The third-order valence-corrected chi connectivity index (χ3v) is 4.91. The molecule has 1 N–H and O–H groups in total. The van der Waals surface area contributed by atoms with Crippen LogP contribution in [0.1, 0.15) is 5.69 Å². The van der Waals surface area contributed by atoms with Crippen LogP contribution in [0.4, 0.5) is 5.69 Å². The second-order valence-corrected chi connectivity index (χ2v) is 7.79. The second-order valence-electron chi connectivity index (χ2n) is 5.00. The molecule has 1 amide bonds. The molecule has 0 fully saturated rings. The maximum absolute atomic E-state index is 12.2. The summed E-state index contributed by atoms with van der Waals surface area (Å²) >= 11 is 12.0. The van der Waals surface area contributed by atoms with Gasteiger partial charge in [0, 0.05) is 6.20 Å². The van der Waals surface area contributed by atoms with Crippen LogP contribution in [0.15, 0.2) is 42.6 Å². The number of halogens is 2. The first-order chi connectivity index (χ1) is 11.3. The maximum Gasteiger partial charge on any atom is 0.239 e. The topological polar surface area (TPSA) is 79.4 Å². The Balaban J connectivity index is 2.13. The molecule has 0 spiro atoms. The van der Waals surface area contributed by atoms with Gasteiger partial charge in [0.25, 0.3) is 0 Å². The van der Waals surface area contributed by atoms with Crippen molar-refractivity contribution in [2.75, 3.05) is 18.1 Å². The van der Waals surface area contributed by atoms with Crippen molar-refractivity contribution in [1.29, 1.82) is 0 Å². The van der Waals surface area contributed by atoms with Crippen molar-refractivity contribution in [3.8, 4) is 0 Å². The highest BCUT2D eigenvalue weighted by molar-refractivity contribution is 7.88. The van der Waals surface area contributed by atoms with Crippen LogP contribution >= 0.6 is 23.2 Å². The number of para-hydroxylation sites is 1. The first-order valence-electron chi connectivity index (χ1n) is 6.86. The number of pyridine rings is 1. The summed E-state index contributed by atoms with van der Waals surface area (Å²) < 4.78 is 24.9. The van der Waals surface area contributed by atoms with E-state index in [1.54, 1.807) is 42.6 Å². The van der Waals surface area contributed by atoms with Crippen LogP contribution < -0.4 is 5.32 Å². The standard InChI is InChI=1S/C15H15Cl2N3O3S/c1-24(22,23)20(9-11-5-2-3-8-18-11)10-14(21)19-15-12(16)6-4-7-13(15)17/h2-8H,9-10H2,1H3,(H,19,21). The molecule has 9 heteroatoms. The van der Waals surface area contributed by atoms with Gasteiger partial charge in [-0.15, -0.1) is 0 Å². The number of hydrogen-bond acceptors (Lipinski definition) is 4. The third-order valence-electron chi connectivity index (χ3n) is 3.08. The van der Waals surface area contributed by atoms with Gasteiger partial charge in [-0.05, 0) is 24.3 Å². The van der Waals surface area contributed by atoms with Gasteiger partial charge >= 0.3 is 0 Å². The van der Waals surface area contributed by atoms with Gasteiger partial charge in [-0.25, -0.2) is 8.42 Å². The summed E-state index contributed by atoms with van der Waals surface area (Å²) in [6.45, 7) is -0.389. The molecule has 0 saturated carbocycles. The number of amides is 1. The van der Waals surface area contributed by atoms with Gasteiger partial charge in [-0.1, -0.05) is 35.3 Å². The lowest BCUT2D eigenvalue weighted by Gasteiger charge is -2.19. The molecule has 6 nitrogen and oxygen atoms in total. The normalized spacial score (nSPS) is 11.5. The average molecular weight is 388 g/mol. The lowest BCUT2D eigenvalue weighted by atomic mass is 10.3. The summed E-state index contributed by atoms with van der Waals surface area (Å²) in [6, 6.07) is 9.94. The van der Waals surface area contributed by atoms with Gasteiger partial charge in [0.1, 0.15) is 0 Å². The van der Waals surface area contributed by atoms with Crippen LogP contribution in [0, 0.1) is 0 Å². The van der Waals surface area contributed by atoms with Crippen LogP contribution in [-0.2, 0) is 21.4 Å². The maximum atomic E-state index is 12.2. The number of anilines is 1. The van der Waals surface area contributed by atoms with Crippen LogP contribution in [-0.4, -0.2) is 36.4 Å². The summed E-state index contributed by atoms with van der Waals surface area (Å²) in [5, 5.41) is 3.08. The minimum Gasteiger partial charge on any atom is -0.322 e. The molecule has 2 aromatic rings. The molecule has 0 aliphatic heterocycles. The highest BCUT2D eigenvalue weighted by Gasteiger charge is 2.22. The van der Waals surface area contributed by atoms with Crippen LogP contribution in [0.25, 0.3) is 0 Å². The van der Waals surface area contributed by atoms with Crippen molar-refractivity contribution >= 4 is 44.8 Å². The minimum atomic E-state index is -3.60. The zero-order valence-electron chi connectivity index (χ0n) is 12.7. The van der Waals surface area contributed by atoms with E-state index in [1.807, 2.05) is 0 Å². The van der Waals surface area contributed by atoms with Gasteiger partial charge in [0.15, 0.2) is 0 Å². The quantitative estimate of drug-likeness (QED) is 0.826. The highest BCUT2D eigenvalue weighted by Crippen LogP contribution is 2.29. The second kappa shape index (κ2) is 7.94. The average Bonchev–Trinajstić information content (AvgIpc) is 2.50. The molecule has 0 aliphatic rings. The Labute approximate surface area is 150 Å². The SMILES string of the molecule is CS(=O)(=O)N(CC(=O)Nc1c(Cl)cccc1Cl)Cc1ccccn1. The fourth-order valence-corrected chi connectivity index (χ4v) is 3.13. The molecular formula is C15H15Cl2N3O3S. The molecule has 0 aliphatic carbocycles. The van der Waals surface area contributed by atoms with E-state index in [1.165, 1.54) is 0 Å². The number of hydrogen-bond donors (Lipinski definition) is 1. The first kappa shape index (κ1) is 18.7. The Morgan fingerprint density at radius 3 is 2.38 bits per heavy atom. The molecule has 0 unspecified atom stereocenters. The Morgan fingerprint density at radius 1 is 1.17 bits per heavy atom. The minimum absolute atomic E-state index is 0.0106. The Bertz CT molecular complexity index is 809. The summed E-state index contributed by atoms with van der Waals surface area (Å²) in [6.07, 6.45) is 2.59. The highest BCUT2D eigenvalue weighted by atomic mass is 35.5. The predicted octanol–water partition coefficient (Wildman–Crippen LogP) is 2.79. The number of carbonyl (C=O) groups is 1. The van der Waals surface area contributed by atoms with E-state index in [0.29, 0.717) is 5.69 Å². The zero-order valence-corrected chi connectivity index (χ0v) is 15.1. The molecule has 2 rings (SSSR count). The van der Waals surface area contributed by atoms with E-state index in [0.717, 1.165) is 10.6 Å².